The Labute approximate surface area is 68.2 Å². The van der Waals surface area contributed by atoms with Crippen LogP contribution in [-0.2, 0) is 9.53 Å². The molecule has 0 spiro atoms. The molecule has 11 heavy (non-hydrogen) atoms. The van der Waals surface area contributed by atoms with Crippen LogP contribution in [0.2, 0.25) is 0 Å². The van der Waals surface area contributed by atoms with Crippen molar-refractivity contribution < 1.29 is 14.6 Å². The average molecular weight is 172 g/mol. The molecular weight excluding hydrogens is 164 g/mol. The molecule has 1 rings (SSSR count). The van der Waals surface area contributed by atoms with Crippen LogP contribution in [0.25, 0.3) is 0 Å². The Bertz CT molecular complexity index is 230. The largest absolute Gasteiger partial charge is 0.479 e. The lowest BCUT2D eigenvalue weighted by Gasteiger charge is -2.06. The normalized spacial score (nSPS) is 12.8. The van der Waals surface area contributed by atoms with Crippen molar-refractivity contribution in [3.63, 3.8) is 0 Å². The van der Waals surface area contributed by atoms with Gasteiger partial charge >= 0.3 is 5.97 Å². The van der Waals surface area contributed by atoms with Crippen molar-refractivity contribution in [2.45, 2.75) is 6.10 Å². The molecule has 60 valence electrons. The van der Waals surface area contributed by atoms with Gasteiger partial charge in [-0.1, -0.05) is 6.07 Å². The second-order valence-electron chi connectivity index (χ2n) is 1.97. The molecule has 3 nitrogen and oxygen atoms in total. The third-order valence-electron chi connectivity index (χ3n) is 1.26. The Hall–Kier alpha value is -0.870. The summed E-state index contributed by atoms with van der Waals surface area (Å²) in [5, 5.41) is 10.5. The maximum absolute atomic E-state index is 10.5. The summed E-state index contributed by atoms with van der Waals surface area (Å²) < 4.78 is 4.77. The monoisotopic (exact) mass is 172 g/mol. The molecule has 0 radical (unpaired) electrons. The number of ether oxygens (including phenoxy) is 1. The fraction of sp³-hybridized carbons (Fsp3) is 0.286. The summed E-state index contributed by atoms with van der Waals surface area (Å²) in [5.41, 5.74) is 0. The first kappa shape index (κ1) is 8.23. The average Bonchev–Trinajstić information content (AvgIpc) is 2.40. The molecular formula is C7H8O3S. The highest BCUT2D eigenvalue weighted by Gasteiger charge is 2.19. The van der Waals surface area contributed by atoms with Gasteiger partial charge in [0.2, 0.25) is 0 Å². The number of carbonyl (C=O) groups is 1. The van der Waals surface area contributed by atoms with E-state index in [1.54, 1.807) is 12.1 Å². The number of rotatable bonds is 3. The summed E-state index contributed by atoms with van der Waals surface area (Å²) in [6.45, 7) is 0. The van der Waals surface area contributed by atoms with Crippen LogP contribution in [0.15, 0.2) is 17.5 Å². The molecule has 1 aromatic rings. The summed E-state index contributed by atoms with van der Waals surface area (Å²) in [6.07, 6.45) is -0.810. The van der Waals surface area contributed by atoms with Crippen molar-refractivity contribution in [1.29, 1.82) is 0 Å². The fourth-order valence-electron chi connectivity index (χ4n) is 0.779. The molecule has 1 N–H and O–H groups in total. The summed E-state index contributed by atoms with van der Waals surface area (Å²) in [6, 6.07) is 3.54. The molecule has 0 bridgehead atoms. The SMILES string of the molecule is COC(C(=O)O)c1cccs1. The molecule has 4 heteroatoms. The minimum atomic E-state index is -0.949. The first-order valence-corrected chi connectivity index (χ1v) is 3.92. The Morgan fingerprint density at radius 2 is 2.55 bits per heavy atom. The molecule has 0 amide bonds. The van der Waals surface area contributed by atoms with Gasteiger partial charge in [0.1, 0.15) is 0 Å². The van der Waals surface area contributed by atoms with Crippen LogP contribution in [0.3, 0.4) is 0 Å². The zero-order valence-electron chi connectivity index (χ0n) is 5.98. The van der Waals surface area contributed by atoms with E-state index < -0.39 is 12.1 Å². The van der Waals surface area contributed by atoms with Gasteiger partial charge in [0.25, 0.3) is 0 Å². The van der Waals surface area contributed by atoms with Crippen LogP contribution >= 0.6 is 11.3 Å². The number of hydrogen-bond donors (Lipinski definition) is 1. The Balaban J connectivity index is 2.79. The van der Waals surface area contributed by atoms with Crippen molar-refractivity contribution in [1.82, 2.24) is 0 Å². The van der Waals surface area contributed by atoms with E-state index in [0.29, 0.717) is 0 Å². The first-order chi connectivity index (χ1) is 5.25. The van der Waals surface area contributed by atoms with E-state index in [9.17, 15) is 4.79 Å². The van der Waals surface area contributed by atoms with Gasteiger partial charge in [-0.05, 0) is 11.4 Å². The van der Waals surface area contributed by atoms with Gasteiger partial charge in [-0.15, -0.1) is 11.3 Å². The highest BCUT2D eigenvalue weighted by molar-refractivity contribution is 7.10. The van der Waals surface area contributed by atoms with E-state index in [0.717, 1.165) is 4.88 Å². The maximum atomic E-state index is 10.5. The van der Waals surface area contributed by atoms with Crippen LogP contribution in [0.5, 0.6) is 0 Å². The van der Waals surface area contributed by atoms with E-state index in [-0.39, 0.29) is 0 Å². The van der Waals surface area contributed by atoms with E-state index in [1.807, 2.05) is 5.38 Å². The third-order valence-corrected chi connectivity index (χ3v) is 2.18. The molecule has 1 unspecified atom stereocenters. The first-order valence-electron chi connectivity index (χ1n) is 3.04. The number of hydrogen-bond acceptors (Lipinski definition) is 3. The van der Waals surface area contributed by atoms with E-state index in [1.165, 1.54) is 18.4 Å². The standard InChI is InChI=1S/C7H8O3S/c1-10-6(7(8)9)5-3-2-4-11-5/h2-4,6H,1H3,(H,8,9). The second kappa shape index (κ2) is 3.50. The molecule has 0 aliphatic rings. The van der Waals surface area contributed by atoms with Gasteiger partial charge in [0.15, 0.2) is 6.10 Å². The van der Waals surface area contributed by atoms with Crippen molar-refractivity contribution in [2.75, 3.05) is 7.11 Å². The minimum Gasteiger partial charge on any atom is -0.479 e. The molecule has 0 aromatic carbocycles. The van der Waals surface area contributed by atoms with E-state index in [2.05, 4.69) is 0 Å². The Morgan fingerprint density at radius 1 is 1.82 bits per heavy atom. The number of aliphatic carboxylic acids is 1. The Morgan fingerprint density at radius 3 is 2.91 bits per heavy atom. The highest BCUT2D eigenvalue weighted by Crippen LogP contribution is 2.21. The van der Waals surface area contributed by atoms with E-state index in [4.69, 9.17) is 9.84 Å². The van der Waals surface area contributed by atoms with Gasteiger partial charge in [-0.25, -0.2) is 4.79 Å². The zero-order chi connectivity index (χ0) is 8.27. The molecule has 0 saturated heterocycles. The van der Waals surface area contributed by atoms with Crippen LogP contribution in [-0.4, -0.2) is 18.2 Å². The van der Waals surface area contributed by atoms with Crippen LogP contribution in [0.1, 0.15) is 11.0 Å². The van der Waals surface area contributed by atoms with Crippen LogP contribution in [0, 0.1) is 0 Å². The van der Waals surface area contributed by atoms with Crippen molar-refractivity contribution in [3.05, 3.63) is 22.4 Å². The van der Waals surface area contributed by atoms with Crippen LogP contribution in [0.4, 0.5) is 0 Å². The molecule has 0 aliphatic carbocycles. The number of carboxylic acid groups (broad SMARTS) is 1. The molecule has 1 aromatic heterocycles. The van der Waals surface area contributed by atoms with E-state index >= 15 is 0 Å². The topological polar surface area (TPSA) is 46.5 Å². The van der Waals surface area contributed by atoms with Gasteiger partial charge in [-0.3, -0.25) is 0 Å². The fourth-order valence-corrected chi connectivity index (χ4v) is 1.57. The lowest BCUT2D eigenvalue weighted by Crippen LogP contribution is -2.11. The van der Waals surface area contributed by atoms with Crippen molar-refractivity contribution in [2.24, 2.45) is 0 Å². The summed E-state index contributed by atoms with van der Waals surface area (Å²) in [5.74, 6) is -0.949. The molecule has 0 aliphatic heterocycles. The minimum absolute atomic E-state index is 0.722. The molecule has 1 atom stereocenters. The summed E-state index contributed by atoms with van der Waals surface area (Å²) in [7, 11) is 1.39. The number of thiophene rings is 1. The highest BCUT2D eigenvalue weighted by atomic mass is 32.1. The van der Waals surface area contributed by atoms with Gasteiger partial charge in [0, 0.05) is 12.0 Å². The third kappa shape index (κ3) is 1.78. The number of methoxy groups -OCH3 is 1. The van der Waals surface area contributed by atoms with Gasteiger partial charge in [-0.2, -0.15) is 0 Å². The maximum Gasteiger partial charge on any atom is 0.338 e. The van der Waals surface area contributed by atoms with Crippen molar-refractivity contribution in [3.8, 4) is 0 Å². The predicted molar refractivity (Wildman–Crippen MR) is 41.7 cm³/mol. The lowest BCUT2D eigenvalue weighted by molar-refractivity contribution is -0.148. The lowest BCUT2D eigenvalue weighted by atomic mass is 10.3. The molecule has 0 fully saturated rings. The molecule has 0 saturated carbocycles. The van der Waals surface area contributed by atoms with Gasteiger partial charge in [0.05, 0.1) is 0 Å². The summed E-state index contributed by atoms with van der Waals surface area (Å²) in [4.78, 5) is 11.2. The van der Waals surface area contributed by atoms with Gasteiger partial charge < -0.3 is 9.84 Å². The van der Waals surface area contributed by atoms with Crippen LogP contribution < -0.4 is 0 Å². The Kier molecular flexibility index (Phi) is 2.62. The summed E-state index contributed by atoms with van der Waals surface area (Å²) >= 11 is 1.38. The predicted octanol–water partition coefficient (Wildman–Crippen LogP) is 1.52. The second-order valence-corrected chi connectivity index (χ2v) is 2.95. The number of carboxylic acids is 1. The quantitative estimate of drug-likeness (QED) is 0.751. The molecule has 1 heterocycles. The zero-order valence-corrected chi connectivity index (χ0v) is 6.80. The van der Waals surface area contributed by atoms with Crippen molar-refractivity contribution >= 4 is 17.3 Å². The smallest absolute Gasteiger partial charge is 0.338 e.